The van der Waals surface area contributed by atoms with Crippen molar-refractivity contribution in [2.24, 2.45) is 17.1 Å². The second-order valence-corrected chi connectivity index (χ2v) is 6.75. The summed E-state index contributed by atoms with van der Waals surface area (Å²) in [5.41, 5.74) is 8.63. The van der Waals surface area contributed by atoms with Crippen LogP contribution < -0.4 is 10.6 Å². The highest BCUT2D eigenvalue weighted by molar-refractivity contribution is 5.46. The molecule has 0 bridgehead atoms. The van der Waals surface area contributed by atoms with Gasteiger partial charge < -0.3 is 10.6 Å². The molecule has 1 aromatic heterocycles. The predicted octanol–water partition coefficient (Wildman–Crippen LogP) is 3.36. The van der Waals surface area contributed by atoms with Crippen LogP contribution in [-0.2, 0) is 0 Å². The molecule has 0 amide bonds. The van der Waals surface area contributed by atoms with Crippen LogP contribution in [0.2, 0.25) is 0 Å². The van der Waals surface area contributed by atoms with Crippen molar-refractivity contribution in [1.29, 1.82) is 0 Å². The third-order valence-electron chi connectivity index (χ3n) is 4.37. The van der Waals surface area contributed by atoms with Gasteiger partial charge in [0.1, 0.15) is 0 Å². The predicted molar refractivity (Wildman–Crippen MR) is 81.2 cm³/mol. The van der Waals surface area contributed by atoms with E-state index in [2.05, 4.69) is 49.7 Å². The molecule has 2 unspecified atom stereocenters. The van der Waals surface area contributed by atoms with E-state index in [-0.39, 0.29) is 6.04 Å². The summed E-state index contributed by atoms with van der Waals surface area (Å²) in [6, 6.07) is 4.31. The lowest BCUT2D eigenvalue weighted by molar-refractivity contribution is 0.263. The second-order valence-electron chi connectivity index (χ2n) is 6.75. The maximum absolute atomic E-state index is 6.00. The molecule has 1 fully saturated rings. The largest absolute Gasteiger partial charge is 0.370 e. The third kappa shape index (κ3) is 3.27. The van der Waals surface area contributed by atoms with Crippen molar-refractivity contribution >= 4 is 5.69 Å². The molecule has 1 aliphatic heterocycles. The molecule has 19 heavy (non-hydrogen) atoms. The zero-order chi connectivity index (χ0) is 14.0. The van der Waals surface area contributed by atoms with E-state index < -0.39 is 0 Å². The summed E-state index contributed by atoms with van der Waals surface area (Å²) >= 11 is 0. The van der Waals surface area contributed by atoms with Crippen LogP contribution in [0.1, 0.15) is 52.3 Å². The van der Waals surface area contributed by atoms with Gasteiger partial charge in [0.05, 0.1) is 17.6 Å². The van der Waals surface area contributed by atoms with Gasteiger partial charge in [0.25, 0.3) is 0 Å². The maximum Gasteiger partial charge on any atom is 0.0572 e. The summed E-state index contributed by atoms with van der Waals surface area (Å²) in [4.78, 5) is 6.96. The first kappa shape index (κ1) is 14.3. The first-order chi connectivity index (χ1) is 8.91. The summed E-state index contributed by atoms with van der Waals surface area (Å²) in [6.45, 7) is 11.4. The summed E-state index contributed by atoms with van der Waals surface area (Å²) in [7, 11) is 0. The molecule has 0 spiro atoms. The SMILES string of the molecule is CCC(N)c1ccc(N2CCC(C(C)(C)C)C2)cn1. The van der Waals surface area contributed by atoms with Gasteiger partial charge in [-0.2, -0.15) is 0 Å². The minimum atomic E-state index is 0.0648. The number of nitrogens with two attached hydrogens (primary N) is 1. The van der Waals surface area contributed by atoms with Crippen LogP contribution >= 0.6 is 0 Å². The molecule has 3 heteroatoms. The molecule has 2 heterocycles. The van der Waals surface area contributed by atoms with Gasteiger partial charge in [-0.15, -0.1) is 0 Å². The van der Waals surface area contributed by atoms with E-state index in [0.29, 0.717) is 5.41 Å². The molecule has 2 N–H and O–H groups in total. The Balaban J connectivity index is 2.04. The fraction of sp³-hybridized carbons (Fsp3) is 0.688. The molecular formula is C16H27N3. The second kappa shape index (κ2) is 5.49. The molecule has 106 valence electrons. The van der Waals surface area contributed by atoms with Crippen molar-refractivity contribution in [2.45, 2.75) is 46.6 Å². The van der Waals surface area contributed by atoms with Crippen LogP contribution in [0.4, 0.5) is 5.69 Å². The standard InChI is InChI=1S/C16H27N3/c1-5-14(17)15-7-6-13(10-18-15)19-9-8-12(11-19)16(2,3)4/h6-7,10,12,14H,5,8-9,11,17H2,1-4H3. The lowest BCUT2D eigenvalue weighted by Crippen LogP contribution is -2.26. The van der Waals surface area contributed by atoms with Crippen molar-refractivity contribution in [3.8, 4) is 0 Å². The van der Waals surface area contributed by atoms with Gasteiger partial charge >= 0.3 is 0 Å². The Morgan fingerprint density at radius 2 is 2.16 bits per heavy atom. The van der Waals surface area contributed by atoms with Crippen molar-refractivity contribution in [1.82, 2.24) is 4.98 Å². The van der Waals surface area contributed by atoms with Crippen molar-refractivity contribution in [3.05, 3.63) is 24.0 Å². The number of nitrogens with zero attached hydrogens (tertiary/aromatic N) is 2. The molecule has 3 nitrogen and oxygen atoms in total. The molecular weight excluding hydrogens is 234 g/mol. The first-order valence-electron chi connectivity index (χ1n) is 7.38. The topological polar surface area (TPSA) is 42.1 Å². The van der Waals surface area contributed by atoms with Gasteiger partial charge in [0.15, 0.2) is 0 Å². The van der Waals surface area contributed by atoms with Gasteiger partial charge in [-0.05, 0) is 36.3 Å². The summed E-state index contributed by atoms with van der Waals surface area (Å²) in [5, 5.41) is 0. The Bertz CT molecular complexity index is 405. The Morgan fingerprint density at radius 1 is 1.42 bits per heavy atom. The lowest BCUT2D eigenvalue weighted by Gasteiger charge is -2.27. The highest BCUT2D eigenvalue weighted by atomic mass is 15.2. The summed E-state index contributed by atoms with van der Waals surface area (Å²) in [6.07, 6.45) is 4.19. The van der Waals surface area contributed by atoms with Gasteiger partial charge in [-0.1, -0.05) is 27.7 Å². The van der Waals surface area contributed by atoms with Gasteiger partial charge in [-0.3, -0.25) is 4.98 Å². The van der Waals surface area contributed by atoms with E-state index in [0.717, 1.165) is 31.1 Å². The lowest BCUT2D eigenvalue weighted by atomic mass is 9.80. The van der Waals surface area contributed by atoms with Crippen molar-refractivity contribution < 1.29 is 0 Å². The van der Waals surface area contributed by atoms with Gasteiger partial charge in [0, 0.05) is 19.1 Å². The fourth-order valence-electron chi connectivity index (χ4n) is 2.71. The van der Waals surface area contributed by atoms with E-state index in [9.17, 15) is 0 Å². The number of aromatic nitrogens is 1. The first-order valence-corrected chi connectivity index (χ1v) is 7.38. The third-order valence-corrected chi connectivity index (χ3v) is 4.37. The van der Waals surface area contributed by atoms with E-state index in [1.807, 2.05) is 6.20 Å². The van der Waals surface area contributed by atoms with Gasteiger partial charge in [0.2, 0.25) is 0 Å². The van der Waals surface area contributed by atoms with E-state index in [1.54, 1.807) is 0 Å². The van der Waals surface area contributed by atoms with Gasteiger partial charge in [-0.25, -0.2) is 0 Å². The number of anilines is 1. The monoisotopic (exact) mass is 261 g/mol. The zero-order valence-corrected chi connectivity index (χ0v) is 12.7. The Hall–Kier alpha value is -1.09. The van der Waals surface area contributed by atoms with E-state index in [1.165, 1.54) is 12.1 Å². The van der Waals surface area contributed by atoms with E-state index >= 15 is 0 Å². The molecule has 0 saturated carbocycles. The Kier molecular flexibility index (Phi) is 4.14. The Morgan fingerprint density at radius 3 is 2.63 bits per heavy atom. The molecule has 0 aromatic carbocycles. The molecule has 1 saturated heterocycles. The minimum absolute atomic E-state index is 0.0648. The summed E-state index contributed by atoms with van der Waals surface area (Å²) < 4.78 is 0. The summed E-state index contributed by atoms with van der Waals surface area (Å²) in [5.74, 6) is 0.769. The van der Waals surface area contributed by atoms with Crippen LogP contribution in [-0.4, -0.2) is 18.1 Å². The highest BCUT2D eigenvalue weighted by Crippen LogP contribution is 2.35. The average molecular weight is 261 g/mol. The van der Waals surface area contributed by atoms with Crippen molar-refractivity contribution in [2.75, 3.05) is 18.0 Å². The van der Waals surface area contributed by atoms with Crippen LogP contribution in [0.15, 0.2) is 18.3 Å². The molecule has 0 aliphatic carbocycles. The number of hydrogen-bond acceptors (Lipinski definition) is 3. The fourth-order valence-corrected chi connectivity index (χ4v) is 2.71. The number of pyridine rings is 1. The van der Waals surface area contributed by atoms with Crippen LogP contribution in [0.3, 0.4) is 0 Å². The molecule has 2 rings (SSSR count). The quantitative estimate of drug-likeness (QED) is 0.907. The van der Waals surface area contributed by atoms with Crippen LogP contribution in [0.5, 0.6) is 0 Å². The number of hydrogen-bond donors (Lipinski definition) is 1. The smallest absolute Gasteiger partial charge is 0.0572 e. The zero-order valence-electron chi connectivity index (χ0n) is 12.7. The molecule has 1 aromatic rings. The maximum atomic E-state index is 6.00. The van der Waals surface area contributed by atoms with Crippen molar-refractivity contribution in [3.63, 3.8) is 0 Å². The molecule has 2 atom stereocenters. The van der Waals surface area contributed by atoms with Crippen LogP contribution in [0, 0.1) is 11.3 Å². The van der Waals surface area contributed by atoms with E-state index in [4.69, 9.17) is 5.73 Å². The average Bonchev–Trinajstić information content (AvgIpc) is 2.87. The minimum Gasteiger partial charge on any atom is -0.370 e. The normalized spacial score (nSPS) is 21.7. The Labute approximate surface area is 117 Å². The number of rotatable bonds is 3. The van der Waals surface area contributed by atoms with Crippen LogP contribution in [0.25, 0.3) is 0 Å². The molecule has 1 aliphatic rings. The molecule has 0 radical (unpaired) electrons. The highest BCUT2D eigenvalue weighted by Gasteiger charge is 2.31.